The molecule has 3 nitrogen and oxygen atoms in total. The molecule has 16 heavy (non-hydrogen) atoms. The standard InChI is InChI=1S/C12H16N2OS/c1-8-4-3-5-10(6-8)14-11(15)7-9(2)12(13)16/h3-6,9H,7H2,1-2H3,(H2,13,16)(H,14,15). The summed E-state index contributed by atoms with van der Waals surface area (Å²) in [4.78, 5) is 12.0. The van der Waals surface area contributed by atoms with Crippen LogP contribution in [0.3, 0.4) is 0 Å². The van der Waals surface area contributed by atoms with Crippen LogP contribution in [-0.4, -0.2) is 10.9 Å². The van der Waals surface area contributed by atoms with E-state index < -0.39 is 0 Å². The second-order valence-corrected chi connectivity index (χ2v) is 4.40. The fraction of sp³-hybridized carbons (Fsp3) is 0.333. The molecular weight excluding hydrogens is 220 g/mol. The van der Waals surface area contributed by atoms with Crippen LogP contribution in [0.5, 0.6) is 0 Å². The molecule has 86 valence electrons. The average Bonchev–Trinajstić information content (AvgIpc) is 2.16. The van der Waals surface area contributed by atoms with E-state index in [1.165, 1.54) is 0 Å². The van der Waals surface area contributed by atoms with Crippen LogP contribution in [-0.2, 0) is 4.79 Å². The molecule has 3 N–H and O–H groups in total. The highest BCUT2D eigenvalue weighted by molar-refractivity contribution is 7.80. The van der Waals surface area contributed by atoms with Gasteiger partial charge in [0.15, 0.2) is 0 Å². The van der Waals surface area contributed by atoms with Gasteiger partial charge < -0.3 is 11.1 Å². The Morgan fingerprint density at radius 1 is 1.56 bits per heavy atom. The van der Waals surface area contributed by atoms with Crippen molar-refractivity contribution >= 4 is 28.8 Å². The first-order valence-electron chi connectivity index (χ1n) is 5.15. The van der Waals surface area contributed by atoms with Crippen molar-refractivity contribution in [1.29, 1.82) is 0 Å². The van der Waals surface area contributed by atoms with Crippen LogP contribution in [0.15, 0.2) is 24.3 Å². The largest absolute Gasteiger partial charge is 0.393 e. The Balaban J connectivity index is 2.55. The lowest BCUT2D eigenvalue weighted by Crippen LogP contribution is -2.24. The number of anilines is 1. The Morgan fingerprint density at radius 2 is 2.25 bits per heavy atom. The molecule has 1 rings (SSSR count). The van der Waals surface area contributed by atoms with Crippen LogP contribution in [0, 0.1) is 12.8 Å². The Morgan fingerprint density at radius 3 is 2.81 bits per heavy atom. The molecule has 0 spiro atoms. The third-order valence-corrected chi connectivity index (χ3v) is 2.68. The number of hydrogen-bond acceptors (Lipinski definition) is 2. The van der Waals surface area contributed by atoms with Gasteiger partial charge in [-0.15, -0.1) is 0 Å². The predicted octanol–water partition coefficient (Wildman–Crippen LogP) is 2.25. The lowest BCUT2D eigenvalue weighted by Gasteiger charge is -2.10. The Bertz CT molecular complexity index is 404. The fourth-order valence-electron chi connectivity index (χ4n) is 1.31. The Hall–Kier alpha value is -1.42. The average molecular weight is 236 g/mol. The number of hydrogen-bond donors (Lipinski definition) is 2. The van der Waals surface area contributed by atoms with E-state index >= 15 is 0 Å². The molecule has 4 heteroatoms. The molecular formula is C12H16N2OS. The maximum Gasteiger partial charge on any atom is 0.225 e. The van der Waals surface area contributed by atoms with Gasteiger partial charge in [-0.1, -0.05) is 31.3 Å². The molecule has 1 atom stereocenters. The second kappa shape index (κ2) is 5.61. The first-order chi connectivity index (χ1) is 7.49. The van der Waals surface area contributed by atoms with Crippen LogP contribution in [0.2, 0.25) is 0 Å². The van der Waals surface area contributed by atoms with E-state index in [1.807, 2.05) is 38.1 Å². The van der Waals surface area contributed by atoms with Gasteiger partial charge in [-0.3, -0.25) is 4.79 Å². The molecule has 0 radical (unpaired) electrons. The third-order valence-electron chi connectivity index (χ3n) is 2.28. The van der Waals surface area contributed by atoms with Crippen LogP contribution in [0.1, 0.15) is 18.9 Å². The molecule has 0 saturated heterocycles. The number of benzene rings is 1. The molecule has 0 aliphatic rings. The van der Waals surface area contributed by atoms with Crippen molar-refractivity contribution in [2.24, 2.45) is 11.7 Å². The van der Waals surface area contributed by atoms with Gasteiger partial charge in [0.05, 0.1) is 4.99 Å². The van der Waals surface area contributed by atoms with Crippen molar-refractivity contribution < 1.29 is 4.79 Å². The summed E-state index contributed by atoms with van der Waals surface area (Å²) < 4.78 is 0. The number of carbonyl (C=O) groups is 1. The topological polar surface area (TPSA) is 55.1 Å². The summed E-state index contributed by atoms with van der Waals surface area (Å²) in [6.45, 7) is 3.82. The summed E-state index contributed by atoms with van der Waals surface area (Å²) in [6, 6.07) is 7.66. The second-order valence-electron chi connectivity index (χ2n) is 3.93. The lowest BCUT2D eigenvalue weighted by molar-refractivity contribution is -0.116. The summed E-state index contributed by atoms with van der Waals surface area (Å²) in [5, 5.41) is 2.81. The Labute approximate surface area is 101 Å². The van der Waals surface area contributed by atoms with Crippen molar-refractivity contribution in [1.82, 2.24) is 0 Å². The zero-order valence-corrected chi connectivity index (χ0v) is 10.3. The minimum Gasteiger partial charge on any atom is -0.393 e. The predicted molar refractivity (Wildman–Crippen MR) is 70.4 cm³/mol. The number of aryl methyl sites for hydroxylation is 1. The fourth-order valence-corrected chi connectivity index (χ4v) is 1.40. The van der Waals surface area contributed by atoms with E-state index in [1.54, 1.807) is 0 Å². The maximum atomic E-state index is 11.6. The van der Waals surface area contributed by atoms with Gasteiger partial charge in [0.1, 0.15) is 0 Å². The quantitative estimate of drug-likeness (QED) is 0.788. The summed E-state index contributed by atoms with van der Waals surface area (Å²) in [5.74, 6) is -0.134. The molecule has 0 saturated carbocycles. The minimum absolute atomic E-state index is 0.0640. The monoisotopic (exact) mass is 236 g/mol. The van der Waals surface area contributed by atoms with E-state index in [0.717, 1.165) is 11.3 Å². The van der Waals surface area contributed by atoms with E-state index in [4.69, 9.17) is 18.0 Å². The van der Waals surface area contributed by atoms with Crippen molar-refractivity contribution in [3.63, 3.8) is 0 Å². The van der Waals surface area contributed by atoms with Gasteiger partial charge in [-0.2, -0.15) is 0 Å². The maximum absolute atomic E-state index is 11.6. The zero-order chi connectivity index (χ0) is 12.1. The minimum atomic E-state index is -0.0696. The van der Waals surface area contributed by atoms with Crippen LogP contribution in [0.4, 0.5) is 5.69 Å². The molecule has 0 bridgehead atoms. The van der Waals surface area contributed by atoms with Crippen LogP contribution in [0.25, 0.3) is 0 Å². The van der Waals surface area contributed by atoms with Gasteiger partial charge in [0, 0.05) is 18.0 Å². The van der Waals surface area contributed by atoms with E-state index in [9.17, 15) is 4.79 Å². The lowest BCUT2D eigenvalue weighted by atomic mass is 10.1. The van der Waals surface area contributed by atoms with Crippen molar-refractivity contribution in [3.05, 3.63) is 29.8 Å². The van der Waals surface area contributed by atoms with Crippen LogP contribution >= 0.6 is 12.2 Å². The Kier molecular flexibility index (Phi) is 4.43. The van der Waals surface area contributed by atoms with Gasteiger partial charge in [0.25, 0.3) is 0 Å². The molecule has 0 aliphatic heterocycles. The molecule has 0 aromatic heterocycles. The van der Waals surface area contributed by atoms with Crippen molar-refractivity contribution in [2.45, 2.75) is 20.3 Å². The number of amides is 1. The highest BCUT2D eigenvalue weighted by Crippen LogP contribution is 2.11. The molecule has 1 aromatic carbocycles. The molecule has 0 heterocycles. The SMILES string of the molecule is Cc1cccc(NC(=O)CC(C)C(N)=S)c1. The molecule has 0 aliphatic carbocycles. The smallest absolute Gasteiger partial charge is 0.225 e. The molecule has 1 aromatic rings. The van der Waals surface area contributed by atoms with E-state index in [0.29, 0.717) is 11.4 Å². The highest BCUT2D eigenvalue weighted by atomic mass is 32.1. The van der Waals surface area contributed by atoms with Crippen molar-refractivity contribution in [3.8, 4) is 0 Å². The third kappa shape index (κ3) is 3.98. The van der Waals surface area contributed by atoms with Gasteiger partial charge in [-0.25, -0.2) is 0 Å². The van der Waals surface area contributed by atoms with E-state index in [-0.39, 0.29) is 11.8 Å². The van der Waals surface area contributed by atoms with Crippen molar-refractivity contribution in [2.75, 3.05) is 5.32 Å². The van der Waals surface area contributed by atoms with Gasteiger partial charge >= 0.3 is 0 Å². The van der Waals surface area contributed by atoms with Gasteiger partial charge in [-0.05, 0) is 24.6 Å². The number of nitrogens with two attached hydrogens (primary N) is 1. The highest BCUT2D eigenvalue weighted by Gasteiger charge is 2.11. The molecule has 1 amide bonds. The first kappa shape index (κ1) is 12.6. The zero-order valence-electron chi connectivity index (χ0n) is 9.49. The normalized spacial score (nSPS) is 11.9. The number of thiocarbonyl (C=S) groups is 1. The summed E-state index contributed by atoms with van der Waals surface area (Å²) in [7, 11) is 0. The number of carbonyl (C=O) groups excluding carboxylic acids is 1. The van der Waals surface area contributed by atoms with E-state index in [2.05, 4.69) is 5.32 Å². The molecule has 1 unspecified atom stereocenters. The molecule has 0 fully saturated rings. The number of nitrogens with one attached hydrogen (secondary N) is 1. The summed E-state index contributed by atoms with van der Waals surface area (Å²) >= 11 is 4.82. The first-order valence-corrected chi connectivity index (χ1v) is 5.55. The summed E-state index contributed by atoms with van der Waals surface area (Å²) in [6.07, 6.45) is 0.323. The van der Waals surface area contributed by atoms with Crippen LogP contribution < -0.4 is 11.1 Å². The number of rotatable bonds is 4. The summed E-state index contributed by atoms with van der Waals surface area (Å²) in [5.41, 5.74) is 7.37. The van der Waals surface area contributed by atoms with Gasteiger partial charge in [0.2, 0.25) is 5.91 Å².